The molecule has 3 aliphatic rings. The molecule has 0 heteroatoms. The van der Waals surface area contributed by atoms with Gasteiger partial charge in [-0.05, 0) is 111 Å². The summed E-state index contributed by atoms with van der Waals surface area (Å²) in [5, 5.41) is 0. The van der Waals surface area contributed by atoms with E-state index in [-0.39, 0.29) is 0 Å². The van der Waals surface area contributed by atoms with Crippen LogP contribution in [-0.4, -0.2) is 0 Å². The van der Waals surface area contributed by atoms with Crippen molar-refractivity contribution in [1.29, 1.82) is 0 Å². The third-order valence-electron chi connectivity index (χ3n) is 10.6. The number of unbranched alkanes of at least 4 members (excludes halogenated alkanes) is 3. The zero-order valence-electron chi connectivity index (χ0n) is 22.9. The maximum Gasteiger partial charge on any atom is -0.0162 e. The van der Waals surface area contributed by atoms with Crippen LogP contribution in [0.5, 0.6) is 0 Å². The summed E-state index contributed by atoms with van der Waals surface area (Å²) in [7, 11) is 0. The smallest absolute Gasteiger partial charge is 0.0162 e. The summed E-state index contributed by atoms with van der Waals surface area (Å²) < 4.78 is 0. The lowest BCUT2D eigenvalue weighted by atomic mass is 9.68. The van der Waals surface area contributed by atoms with E-state index in [1.807, 2.05) is 0 Å². The largest absolute Gasteiger partial charge is 0.0654 e. The Kier molecular flexibility index (Phi) is 10.9. The van der Waals surface area contributed by atoms with E-state index < -0.39 is 0 Å². The first-order valence-corrected chi connectivity index (χ1v) is 15.8. The molecule has 0 radical (unpaired) electrons. The van der Waals surface area contributed by atoms with Crippen LogP contribution in [0.15, 0.2) is 24.3 Å². The van der Waals surface area contributed by atoms with E-state index in [0.29, 0.717) is 0 Å². The van der Waals surface area contributed by atoms with Gasteiger partial charge >= 0.3 is 0 Å². The predicted octanol–water partition coefficient (Wildman–Crippen LogP) is 10.9. The molecule has 0 N–H and O–H groups in total. The second kappa shape index (κ2) is 14.1. The molecule has 0 heterocycles. The summed E-state index contributed by atoms with van der Waals surface area (Å²) in [5.74, 6) is 6.05. The fourth-order valence-electron chi connectivity index (χ4n) is 7.99. The van der Waals surface area contributed by atoms with Gasteiger partial charge in [-0.25, -0.2) is 0 Å². The maximum atomic E-state index is 2.48. The fraction of sp³-hybridized carbons (Fsp3) is 0.824. The second-order valence-electron chi connectivity index (χ2n) is 12.8. The topological polar surface area (TPSA) is 0 Å². The van der Waals surface area contributed by atoms with Crippen molar-refractivity contribution in [3.63, 3.8) is 0 Å². The van der Waals surface area contributed by atoms with Crippen LogP contribution in [0.2, 0.25) is 0 Å². The van der Waals surface area contributed by atoms with E-state index in [1.165, 1.54) is 103 Å². The summed E-state index contributed by atoms with van der Waals surface area (Å²) >= 11 is 0. The highest BCUT2D eigenvalue weighted by Gasteiger charge is 2.30. The molecule has 34 heavy (non-hydrogen) atoms. The molecule has 3 saturated carbocycles. The van der Waals surface area contributed by atoms with Crippen LogP contribution in [-0.2, 0) is 6.42 Å². The fourth-order valence-corrected chi connectivity index (χ4v) is 7.99. The Morgan fingerprint density at radius 2 is 1.12 bits per heavy atom. The minimum Gasteiger partial charge on any atom is -0.0654 e. The quantitative estimate of drug-likeness (QED) is 0.286. The first-order chi connectivity index (χ1) is 16.7. The Bertz CT molecular complexity index is 648. The highest BCUT2D eigenvalue weighted by atomic mass is 14.4. The van der Waals surface area contributed by atoms with Crippen LogP contribution in [0, 0.1) is 29.6 Å². The van der Waals surface area contributed by atoms with Crippen molar-refractivity contribution in [2.75, 3.05) is 0 Å². The summed E-state index contributed by atoms with van der Waals surface area (Å²) in [6.07, 6.45) is 29.5. The molecular formula is C34H56. The Hall–Kier alpha value is -0.780. The van der Waals surface area contributed by atoms with Gasteiger partial charge in [0, 0.05) is 0 Å². The molecule has 0 aliphatic heterocycles. The lowest BCUT2D eigenvalue weighted by Crippen LogP contribution is -2.26. The van der Waals surface area contributed by atoms with Gasteiger partial charge in [0.15, 0.2) is 0 Å². The molecule has 0 aromatic heterocycles. The zero-order chi connectivity index (χ0) is 23.6. The van der Waals surface area contributed by atoms with Crippen molar-refractivity contribution >= 4 is 0 Å². The predicted molar refractivity (Wildman–Crippen MR) is 149 cm³/mol. The van der Waals surface area contributed by atoms with Gasteiger partial charge in [0.25, 0.3) is 0 Å². The maximum absolute atomic E-state index is 2.48. The lowest BCUT2D eigenvalue weighted by Gasteiger charge is -2.38. The summed E-state index contributed by atoms with van der Waals surface area (Å²) in [6, 6.07) is 9.88. The Labute approximate surface area is 213 Å². The summed E-state index contributed by atoms with van der Waals surface area (Å²) in [4.78, 5) is 0. The summed E-state index contributed by atoms with van der Waals surface area (Å²) in [6.45, 7) is 4.70. The van der Waals surface area contributed by atoms with Gasteiger partial charge in [-0.15, -0.1) is 0 Å². The van der Waals surface area contributed by atoms with Gasteiger partial charge in [-0.1, -0.05) is 102 Å². The molecule has 4 rings (SSSR count). The Balaban J connectivity index is 1.10. The van der Waals surface area contributed by atoms with E-state index in [4.69, 9.17) is 0 Å². The molecule has 192 valence electrons. The van der Waals surface area contributed by atoms with Crippen LogP contribution >= 0.6 is 0 Å². The average molecular weight is 465 g/mol. The molecule has 0 nitrogen and oxygen atoms in total. The van der Waals surface area contributed by atoms with Crippen LogP contribution in [0.25, 0.3) is 0 Å². The van der Waals surface area contributed by atoms with E-state index >= 15 is 0 Å². The van der Waals surface area contributed by atoms with Crippen molar-refractivity contribution in [3.05, 3.63) is 35.4 Å². The lowest BCUT2D eigenvalue weighted by molar-refractivity contribution is 0.140. The third-order valence-corrected chi connectivity index (χ3v) is 10.6. The summed E-state index contributed by atoms with van der Waals surface area (Å²) in [5.41, 5.74) is 3.21. The minimum atomic E-state index is 0.836. The molecule has 0 atom stereocenters. The average Bonchev–Trinajstić information content (AvgIpc) is 2.91. The first kappa shape index (κ1) is 26.3. The van der Waals surface area contributed by atoms with Crippen LogP contribution in [0.1, 0.15) is 153 Å². The van der Waals surface area contributed by atoms with Gasteiger partial charge in [-0.2, -0.15) is 0 Å². The van der Waals surface area contributed by atoms with E-state index in [9.17, 15) is 0 Å². The van der Waals surface area contributed by atoms with Crippen molar-refractivity contribution in [3.8, 4) is 0 Å². The van der Waals surface area contributed by atoms with Gasteiger partial charge in [0.2, 0.25) is 0 Å². The Morgan fingerprint density at radius 3 is 1.68 bits per heavy atom. The minimum absolute atomic E-state index is 0.836. The monoisotopic (exact) mass is 464 g/mol. The van der Waals surface area contributed by atoms with Crippen molar-refractivity contribution in [2.45, 2.75) is 148 Å². The number of aryl methyl sites for hydroxylation is 1. The SMILES string of the molecule is CCCCCCC1CCC(C2CCC(CCc3ccc(C4CCC(CC)CC4)cc3)CC2)CC1. The van der Waals surface area contributed by atoms with Crippen molar-refractivity contribution < 1.29 is 0 Å². The van der Waals surface area contributed by atoms with Gasteiger partial charge in [0.05, 0.1) is 0 Å². The van der Waals surface area contributed by atoms with Crippen molar-refractivity contribution in [1.82, 2.24) is 0 Å². The Morgan fingerprint density at radius 1 is 0.559 bits per heavy atom. The van der Waals surface area contributed by atoms with Gasteiger partial charge in [0.1, 0.15) is 0 Å². The highest BCUT2D eigenvalue weighted by Crippen LogP contribution is 2.43. The molecule has 1 aromatic carbocycles. The standard InChI is InChI=1S/C34H56/c1-3-5-6-7-8-28-13-21-32(22-14-28)34-25-17-30(18-26-34)10-9-29-15-23-33(24-16-29)31-19-11-27(4-2)12-20-31/h15-16,23-24,27-28,30-32,34H,3-14,17-22,25-26H2,1-2H3. The number of hydrogen-bond donors (Lipinski definition) is 0. The van der Waals surface area contributed by atoms with E-state index in [1.54, 1.807) is 36.8 Å². The number of benzene rings is 1. The van der Waals surface area contributed by atoms with E-state index in [2.05, 4.69) is 38.1 Å². The third kappa shape index (κ3) is 7.86. The van der Waals surface area contributed by atoms with Gasteiger partial charge < -0.3 is 0 Å². The van der Waals surface area contributed by atoms with E-state index in [0.717, 1.165) is 35.5 Å². The molecule has 0 spiro atoms. The van der Waals surface area contributed by atoms with Crippen LogP contribution in [0.4, 0.5) is 0 Å². The molecule has 3 aliphatic carbocycles. The molecule has 0 unspecified atom stereocenters. The number of rotatable bonds is 11. The molecular weight excluding hydrogens is 408 g/mol. The van der Waals surface area contributed by atoms with Crippen LogP contribution < -0.4 is 0 Å². The second-order valence-corrected chi connectivity index (χ2v) is 12.8. The normalized spacial score (nSPS) is 32.5. The highest BCUT2D eigenvalue weighted by molar-refractivity contribution is 5.26. The molecule has 1 aromatic rings. The van der Waals surface area contributed by atoms with Crippen LogP contribution in [0.3, 0.4) is 0 Å². The van der Waals surface area contributed by atoms with Gasteiger partial charge in [-0.3, -0.25) is 0 Å². The molecule has 0 bridgehead atoms. The molecule has 0 amide bonds. The zero-order valence-corrected chi connectivity index (χ0v) is 22.9. The first-order valence-electron chi connectivity index (χ1n) is 15.8. The number of hydrogen-bond acceptors (Lipinski definition) is 0. The molecule has 0 saturated heterocycles. The molecule has 3 fully saturated rings. The van der Waals surface area contributed by atoms with Crippen molar-refractivity contribution in [2.24, 2.45) is 29.6 Å².